The van der Waals surface area contributed by atoms with Gasteiger partial charge >= 0.3 is 5.97 Å². The Labute approximate surface area is 216 Å². The van der Waals surface area contributed by atoms with Crippen LogP contribution in [0.2, 0.25) is 0 Å². The van der Waals surface area contributed by atoms with Gasteiger partial charge < -0.3 is 9.64 Å². The minimum atomic E-state index is -0.301. The van der Waals surface area contributed by atoms with Gasteiger partial charge in [0.05, 0.1) is 6.61 Å². The van der Waals surface area contributed by atoms with Crippen LogP contribution in [0, 0.1) is 0 Å². The Bertz CT molecular complexity index is 474. The summed E-state index contributed by atoms with van der Waals surface area (Å²) >= 11 is 0. The lowest BCUT2D eigenvalue weighted by Crippen LogP contribution is -2.28. The monoisotopic (exact) mass is 498 g/mol. The SMILES string of the molecule is CCCCCCCCCOC(=O)CCCCCCCN(CCCCCCCC)CCCC(=O)NO. The van der Waals surface area contributed by atoms with Crippen molar-refractivity contribution in [2.24, 2.45) is 0 Å². The summed E-state index contributed by atoms with van der Waals surface area (Å²) in [5, 5.41) is 8.68. The zero-order chi connectivity index (χ0) is 25.8. The van der Waals surface area contributed by atoms with E-state index >= 15 is 0 Å². The topological polar surface area (TPSA) is 78.9 Å². The zero-order valence-corrected chi connectivity index (χ0v) is 23.3. The van der Waals surface area contributed by atoms with Crippen LogP contribution < -0.4 is 5.48 Å². The quantitative estimate of drug-likeness (QED) is 0.0528. The first-order valence-electron chi connectivity index (χ1n) is 14.9. The molecule has 2 N–H and O–H groups in total. The van der Waals surface area contributed by atoms with Gasteiger partial charge in [-0.3, -0.25) is 14.8 Å². The van der Waals surface area contributed by atoms with Gasteiger partial charge in [-0.15, -0.1) is 0 Å². The Kier molecular flexibility index (Phi) is 26.6. The average molecular weight is 499 g/mol. The van der Waals surface area contributed by atoms with E-state index < -0.39 is 0 Å². The molecule has 0 saturated heterocycles. The number of nitrogens with one attached hydrogen (secondary N) is 1. The Balaban J connectivity index is 3.76. The molecule has 0 aromatic heterocycles. The Morgan fingerprint density at radius 1 is 0.600 bits per heavy atom. The van der Waals surface area contributed by atoms with Crippen molar-refractivity contribution in [3.8, 4) is 0 Å². The molecular formula is C29H58N2O4. The number of hydrogen-bond acceptors (Lipinski definition) is 5. The molecule has 0 fully saturated rings. The van der Waals surface area contributed by atoms with E-state index in [1.165, 1.54) is 83.5 Å². The first-order chi connectivity index (χ1) is 17.1. The highest BCUT2D eigenvalue weighted by molar-refractivity contribution is 5.74. The van der Waals surface area contributed by atoms with Crippen LogP contribution in [0.3, 0.4) is 0 Å². The summed E-state index contributed by atoms with van der Waals surface area (Å²) in [6, 6.07) is 0. The number of carbonyl (C=O) groups excluding carboxylic acids is 2. The first kappa shape index (κ1) is 33.9. The number of nitrogens with zero attached hydrogens (tertiary/aromatic N) is 1. The van der Waals surface area contributed by atoms with Gasteiger partial charge in [-0.05, 0) is 51.7 Å². The van der Waals surface area contributed by atoms with Crippen LogP contribution in [-0.2, 0) is 14.3 Å². The second-order valence-corrected chi connectivity index (χ2v) is 10.1. The normalized spacial score (nSPS) is 11.2. The minimum Gasteiger partial charge on any atom is -0.466 e. The van der Waals surface area contributed by atoms with Gasteiger partial charge in [0.1, 0.15) is 0 Å². The van der Waals surface area contributed by atoms with E-state index in [9.17, 15) is 9.59 Å². The van der Waals surface area contributed by atoms with Crippen molar-refractivity contribution in [2.75, 3.05) is 26.2 Å². The summed E-state index contributed by atoms with van der Waals surface area (Å²) in [5.74, 6) is -0.335. The summed E-state index contributed by atoms with van der Waals surface area (Å²) in [7, 11) is 0. The standard InChI is InChI=1S/C29H58N2O4/c1-3-5-7-9-11-16-20-27-35-29(33)23-17-13-12-15-19-25-31(26-21-22-28(32)30-34)24-18-14-10-8-6-4-2/h34H,3-27H2,1-2H3,(H,30,32). The molecule has 0 aromatic rings. The molecule has 0 heterocycles. The van der Waals surface area contributed by atoms with Gasteiger partial charge in [0, 0.05) is 12.8 Å². The third-order valence-electron chi connectivity index (χ3n) is 6.70. The summed E-state index contributed by atoms with van der Waals surface area (Å²) in [6.45, 7) is 8.13. The third-order valence-corrected chi connectivity index (χ3v) is 6.70. The molecule has 0 bridgehead atoms. The van der Waals surface area contributed by atoms with E-state index in [0.29, 0.717) is 19.4 Å². The number of hydrogen-bond donors (Lipinski definition) is 2. The van der Waals surface area contributed by atoms with Gasteiger partial charge in [-0.1, -0.05) is 104 Å². The molecule has 0 unspecified atom stereocenters. The van der Waals surface area contributed by atoms with Gasteiger partial charge in [-0.2, -0.15) is 0 Å². The molecule has 6 heteroatoms. The molecule has 0 aliphatic carbocycles. The number of ether oxygens (including phenoxy) is 1. The molecule has 0 aliphatic rings. The Morgan fingerprint density at radius 2 is 1.06 bits per heavy atom. The van der Waals surface area contributed by atoms with Crippen LogP contribution >= 0.6 is 0 Å². The second kappa shape index (κ2) is 27.4. The zero-order valence-electron chi connectivity index (χ0n) is 23.3. The largest absolute Gasteiger partial charge is 0.466 e. The molecule has 0 atom stereocenters. The van der Waals surface area contributed by atoms with E-state index in [4.69, 9.17) is 9.94 Å². The highest BCUT2D eigenvalue weighted by Crippen LogP contribution is 2.11. The van der Waals surface area contributed by atoms with Crippen LogP contribution in [0.5, 0.6) is 0 Å². The lowest BCUT2D eigenvalue weighted by Gasteiger charge is -2.22. The smallest absolute Gasteiger partial charge is 0.305 e. The van der Waals surface area contributed by atoms with Gasteiger partial charge in [0.2, 0.25) is 5.91 Å². The van der Waals surface area contributed by atoms with Crippen molar-refractivity contribution in [3.05, 3.63) is 0 Å². The maximum absolute atomic E-state index is 11.9. The molecule has 0 saturated carbocycles. The number of rotatable bonds is 27. The fraction of sp³-hybridized carbons (Fsp3) is 0.931. The van der Waals surface area contributed by atoms with Crippen LogP contribution in [0.4, 0.5) is 0 Å². The van der Waals surface area contributed by atoms with Crippen LogP contribution in [-0.4, -0.2) is 48.2 Å². The highest BCUT2D eigenvalue weighted by atomic mass is 16.5. The summed E-state index contributed by atoms with van der Waals surface area (Å²) in [5.41, 5.74) is 1.73. The number of carbonyl (C=O) groups is 2. The molecule has 1 amide bonds. The molecule has 0 aromatic carbocycles. The predicted octanol–water partition coefficient (Wildman–Crippen LogP) is 7.57. The molecule has 0 radical (unpaired) electrons. The van der Waals surface area contributed by atoms with E-state index in [-0.39, 0.29) is 11.9 Å². The van der Waals surface area contributed by atoms with Crippen molar-refractivity contribution < 1.29 is 19.5 Å². The molecule has 208 valence electrons. The van der Waals surface area contributed by atoms with Crippen molar-refractivity contribution in [2.45, 2.75) is 149 Å². The number of esters is 1. The van der Waals surface area contributed by atoms with Crippen LogP contribution in [0.25, 0.3) is 0 Å². The molecular weight excluding hydrogens is 440 g/mol. The lowest BCUT2D eigenvalue weighted by atomic mass is 10.1. The number of amides is 1. The summed E-state index contributed by atoms with van der Waals surface area (Å²) < 4.78 is 5.37. The van der Waals surface area contributed by atoms with Gasteiger partial charge in [0.25, 0.3) is 0 Å². The molecule has 6 nitrogen and oxygen atoms in total. The van der Waals surface area contributed by atoms with Crippen molar-refractivity contribution in [1.82, 2.24) is 10.4 Å². The molecule has 0 aliphatic heterocycles. The number of unbranched alkanes of at least 4 members (excludes halogenated alkanes) is 15. The maximum atomic E-state index is 11.9. The van der Waals surface area contributed by atoms with E-state index in [0.717, 1.165) is 58.2 Å². The maximum Gasteiger partial charge on any atom is 0.305 e. The molecule has 0 spiro atoms. The number of hydroxylamine groups is 1. The minimum absolute atomic E-state index is 0.0342. The third kappa shape index (κ3) is 25.8. The highest BCUT2D eigenvalue weighted by Gasteiger charge is 2.07. The average Bonchev–Trinajstić information content (AvgIpc) is 2.86. The van der Waals surface area contributed by atoms with Crippen molar-refractivity contribution in [3.63, 3.8) is 0 Å². The van der Waals surface area contributed by atoms with E-state index in [1.54, 1.807) is 5.48 Å². The fourth-order valence-electron chi connectivity index (χ4n) is 4.42. The van der Waals surface area contributed by atoms with E-state index in [2.05, 4.69) is 18.7 Å². The van der Waals surface area contributed by atoms with E-state index in [1.807, 2.05) is 0 Å². The summed E-state index contributed by atoms with van der Waals surface area (Å²) in [6.07, 6.45) is 23.6. The van der Waals surface area contributed by atoms with Crippen LogP contribution in [0.15, 0.2) is 0 Å². The lowest BCUT2D eigenvalue weighted by molar-refractivity contribution is -0.143. The predicted molar refractivity (Wildman–Crippen MR) is 146 cm³/mol. The van der Waals surface area contributed by atoms with Crippen molar-refractivity contribution >= 4 is 11.9 Å². The molecule has 0 rings (SSSR count). The first-order valence-corrected chi connectivity index (χ1v) is 14.9. The van der Waals surface area contributed by atoms with Gasteiger partial charge in [0.15, 0.2) is 0 Å². The Hall–Kier alpha value is -1.14. The van der Waals surface area contributed by atoms with Gasteiger partial charge in [-0.25, -0.2) is 5.48 Å². The Morgan fingerprint density at radius 3 is 1.60 bits per heavy atom. The molecule has 35 heavy (non-hydrogen) atoms. The summed E-state index contributed by atoms with van der Waals surface area (Å²) in [4.78, 5) is 25.6. The fourth-order valence-corrected chi connectivity index (χ4v) is 4.42. The second-order valence-electron chi connectivity index (χ2n) is 10.1. The van der Waals surface area contributed by atoms with Crippen LogP contribution in [0.1, 0.15) is 149 Å². The van der Waals surface area contributed by atoms with Crippen molar-refractivity contribution in [1.29, 1.82) is 0 Å².